The highest BCUT2D eigenvalue weighted by Gasteiger charge is 2.39. The maximum Gasteiger partial charge on any atom is 0.514 e. The van der Waals surface area contributed by atoms with Crippen molar-refractivity contribution in [1.29, 1.82) is 0 Å². The van der Waals surface area contributed by atoms with Gasteiger partial charge in [0.25, 0.3) is 0 Å². The van der Waals surface area contributed by atoms with Gasteiger partial charge in [0.2, 0.25) is 0 Å². The Morgan fingerprint density at radius 1 is 1.37 bits per heavy atom. The predicted molar refractivity (Wildman–Crippen MR) is 76.7 cm³/mol. The summed E-state index contributed by atoms with van der Waals surface area (Å²) in [6.07, 6.45) is 9.27. The SMILES string of the molecule is C=C1OC(=O)OC1(C)C=CC=C(C)CCC=C(C)C. The molecular formula is C16H22O3. The molecule has 0 spiro atoms. The van der Waals surface area contributed by atoms with Gasteiger partial charge in [0, 0.05) is 0 Å². The topological polar surface area (TPSA) is 35.5 Å². The second-order valence-corrected chi connectivity index (χ2v) is 5.18. The fraction of sp³-hybridized carbons (Fsp3) is 0.438. The number of carbonyl (C=O) groups is 1. The molecule has 1 aliphatic heterocycles. The van der Waals surface area contributed by atoms with Gasteiger partial charge in [0.15, 0.2) is 11.4 Å². The molecule has 3 heteroatoms. The van der Waals surface area contributed by atoms with Crippen molar-refractivity contribution >= 4 is 6.16 Å². The Morgan fingerprint density at radius 2 is 2.05 bits per heavy atom. The van der Waals surface area contributed by atoms with Crippen molar-refractivity contribution < 1.29 is 14.3 Å². The molecule has 3 nitrogen and oxygen atoms in total. The number of hydrogen-bond donors (Lipinski definition) is 0. The molecule has 0 aromatic rings. The van der Waals surface area contributed by atoms with Crippen LogP contribution in [0.1, 0.15) is 40.5 Å². The zero-order chi connectivity index (χ0) is 14.5. The van der Waals surface area contributed by atoms with Gasteiger partial charge < -0.3 is 9.47 Å². The van der Waals surface area contributed by atoms with Gasteiger partial charge in [-0.15, -0.1) is 0 Å². The lowest BCUT2D eigenvalue weighted by atomic mass is 10.0. The molecule has 0 N–H and O–H groups in total. The number of hydrogen-bond acceptors (Lipinski definition) is 3. The zero-order valence-electron chi connectivity index (χ0n) is 12.2. The van der Waals surface area contributed by atoms with Crippen molar-refractivity contribution in [3.63, 3.8) is 0 Å². The van der Waals surface area contributed by atoms with Gasteiger partial charge in [-0.25, -0.2) is 4.79 Å². The fourth-order valence-electron chi connectivity index (χ4n) is 1.65. The smallest absolute Gasteiger partial charge is 0.415 e. The van der Waals surface area contributed by atoms with Gasteiger partial charge in [0.05, 0.1) is 0 Å². The van der Waals surface area contributed by atoms with Crippen LogP contribution in [0.4, 0.5) is 4.79 Å². The molecule has 0 aromatic heterocycles. The van der Waals surface area contributed by atoms with Gasteiger partial charge in [-0.2, -0.15) is 0 Å². The van der Waals surface area contributed by atoms with Gasteiger partial charge >= 0.3 is 6.16 Å². The van der Waals surface area contributed by atoms with E-state index < -0.39 is 11.8 Å². The molecule has 1 unspecified atom stereocenters. The maximum atomic E-state index is 11.0. The van der Waals surface area contributed by atoms with Crippen LogP contribution in [0.5, 0.6) is 0 Å². The summed E-state index contributed by atoms with van der Waals surface area (Å²) in [5.41, 5.74) is 1.75. The summed E-state index contributed by atoms with van der Waals surface area (Å²) in [7, 11) is 0. The van der Waals surface area contributed by atoms with E-state index >= 15 is 0 Å². The first-order valence-electron chi connectivity index (χ1n) is 6.42. The molecule has 104 valence electrons. The van der Waals surface area contributed by atoms with Crippen LogP contribution in [-0.2, 0) is 9.47 Å². The highest BCUT2D eigenvalue weighted by Crippen LogP contribution is 2.30. The summed E-state index contributed by atoms with van der Waals surface area (Å²) in [5.74, 6) is 0.323. The summed E-state index contributed by atoms with van der Waals surface area (Å²) in [6.45, 7) is 11.7. The van der Waals surface area contributed by atoms with Crippen molar-refractivity contribution in [2.75, 3.05) is 0 Å². The summed E-state index contributed by atoms with van der Waals surface area (Å²) >= 11 is 0. The molecule has 1 heterocycles. The first-order valence-corrected chi connectivity index (χ1v) is 6.42. The summed E-state index contributed by atoms with van der Waals surface area (Å²) in [5, 5.41) is 0. The summed E-state index contributed by atoms with van der Waals surface area (Å²) in [4.78, 5) is 11.0. The first kappa shape index (κ1) is 15.3. The number of cyclic esters (lactones) is 2. The van der Waals surface area contributed by atoms with Gasteiger partial charge in [-0.05, 0) is 46.6 Å². The van der Waals surface area contributed by atoms with Crippen LogP contribution < -0.4 is 0 Å². The van der Waals surface area contributed by atoms with Crippen LogP contribution in [0.15, 0.2) is 47.8 Å². The lowest BCUT2D eigenvalue weighted by Gasteiger charge is -2.14. The zero-order valence-corrected chi connectivity index (χ0v) is 12.2. The Hall–Kier alpha value is -1.77. The van der Waals surface area contributed by atoms with E-state index in [1.165, 1.54) is 11.1 Å². The average molecular weight is 262 g/mol. The minimum Gasteiger partial charge on any atom is -0.415 e. The molecule has 1 aliphatic rings. The van der Waals surface area contributed by atoms with Crippen LogP contribution in [0.25, 0.3) is 0 Å². The Labute approximate surface area is 115 Å². The second kappa shape index (κ2) is 6.41. The predicted octanol–water partition coefficient (Wildman–Crippen LogP) is 4.67. The van der Waals surface area contributed by atoms with Crippen LogP contribution in [0.2, 0.25) is 0 Å². The van der Waals surface area contributed by atoms with Crippen molar-refractivity contribution in [3.8, 4) is 0 Å². The summed E-state index contributed by atoms with van der Waals surface area (Å²) < 4.78 is 9.86. The van der Waals surface area contributed by atoms with Crippen molar-refractivity contribution in [1.82, 2.24) is 0 Å². The van der Waals surface area contributed by atoms with E-state index in [-0.39, 0.29) is 0 Å². The summed E-state index contributed by atoms with van der Waals surface area (Å²) in [6, 6.07) is 0. The number of rotatable bonds is 5. The second-order valence-electron chi connectivity index (χ2n) is 5.18. The van der Waals surface area contributed by atoms with E-state index in [9.17, 15) is 4.79 Å². The first-order chi connectivity index (χ1) is 8.83. The Bertz CT molecular complexity index is 451. The van der Waals surface area contributed by atoms with Gasteiger partial charge in [0.1, 0.15) is 0 Å². The van der Waals surface area contributed by atoms with E-state index in [2.05, 4.69) is 33.4 Å². The minimum atomic E-state index is -0.853. The van der Waals surface area contributed by atoms with E-state index in [1.807, 2.05) is 12.2 Å². The monoisotopic (exact) mass is 262 g/mol. The molecule has 19 heavy (non-hydrogen) atoms. The molecule has 0 aromatic carbocycles. The Morgan fingerprint density at radius 3 is 2.58 bits per heavy atom. The van der Waals surface area contributed by atoms with Crippen molar-refractivity contribution in [2.24, 2.45) is 0 Å². The molecule has 1 atom stereocenters. The van der Waals surface area contributed by atoms with Crippen molar-refractivity contribution in [2.45, 2.75) is 46.1 Å². The number of ether oxygens (including phenoxy) is 2. The van der Waals surface area contributed by atoms with Crippen LogP contribution in [0, 0.1) is 0 Å². The number of carbonyl (C=O) groups excluding carboxylic acids is 1. The normalized spacial score (nSPS) is 23.5. The van der Waals surface area contributed by atoms with Crippen LogP contribution >= 0.6 is 0 Å². The molecule has 0 saturated carbocycles. The maximum absolute atomic E-state index is 11.0. The molecule has 1 saturated heterocycles. The Balaban J connectivity index is 2.55. The largest absolute Gasteiger partial charge is 0.514 e. The molecule has 1 rings (SSSR count). The van der Waals surface area contributed by atoms with E-state index in [1.54, 1.807) is 13.0 Å². The minimum absolute atomic E-state index is 0.323. The highest BCUT2D eigenvalue weighted by atomic mass is 16.8. The average Bonchev–Trinajstić information content (AvgIpc) is 2.52. The lowest BCUT2D eigenvalue weighted by Crippen LogP contribution is -2.21. The quantitative estimate of drug-likeness (QED) is 0.410. The van der Waals surface area contributed by atoms with Gasteiger partial charge in [-0.1, -0.05) is 36.0 Å². The molecule has 0 aliphatic carbocycles. The van der Waals surface area contributed by atoms with Gasteiger partial charge in [-0.3, -0.25) is 0 Å². The molecular weight excluding hydrogens is 240 g/mol. The number of allylic oxidation sites excluding steroid dienone is 5. The van der Waals surface area contributed by atoms with E-state index in [0.717, 1.165) is 12.8 Å². The third-order valence-electron chi connectivity index (χ3n) is 2.94. The van der Waals surface area contributed by atoms with Crippen LogP contribution in [0.3, 0.4) is 0 Å². The van der Waals surface area contributed by atoms with Crippen LogP contribution in [-0.4, -0.2) is 11.8 Å². The van der Waals surface area contributed by atoms with E-state index in [4.69, 9.17) is 9.47 Å². The third kappa shape index (κ3) is 4.78. The Kier molecular flexibility index (Phi) is 5.16. The molecule has 0 bridgehead atoms. The van der Waals surface area contributed by atoms with E-state index in [0.29, 0.717) is 5.76 Å². The fourth-order valence-corrected chi connectivity index (χ4v) is 1.65. The van der Waals surface area contributed by atoms with Crippen molar-refractivity contribution in [3.05, 3.63) is 47.8 Å². The third-order valence-corrected chi connectivity index (χ3v) is 2.94. The highest BCUT2D eigenvalue weighted by molar-refractivity contribution is 5.67. The molecule has 0 amide bonds. The molecule has 1 fully saturated rings. The standard InChI is InChI=1S/C16H22O3/c1-12(2)8-6-9-13(3)10-7-11-16(5)14(4)18-15(17)19-16/h7-8,10-11H,4,6,9H2,1-3,5H3. The molecule has 0 radical (unpaired) electrons. The lowest BCUT2D eigenvalue weighted by molar-refractivity contribution is 0.100.